The fraction of sp³-hybridized carbons (Fsp3) is 0.625. The molecule has 0 bridgehead atoms. The second kappa shape index (κ2) is 5.61. The number of hydrogen-bond donors (Lipinski definition) is 1. The van der Waals surface area contributed by atoms with E-state index in [4.69, 9.17) is 4.74 Å². The zero-order valence-corrected chi connectivity index (χ0v) is 11.8. The third-order valence-electron chi connectivity index (χ3n) is 4.24. The van der Waals surface area contributed by atoms with E-state index >= 15 is 0 Å². The monoisotopic (exact) mass is 260 g/mol. The van der Waals surface area contributed by atoms with Gasteiger partial charge in [0, 0.05) is 26.2 Å². The lowest BCUT2D eigenvalue weighted by molar-refractivity contribution is -0.137. The molecule has 2 aliphatic rings. The van der Waals surface area contributed by atoms with Crippen molar-refractivity contribution >= 4 is 0 Å². The summed E-state index contributed by atoms with van der Waals surface area (Å²) in [7, 11) is 0. The number of nitrogens with zero attached hydrogens (tertiary/aromatic N) is 1. The van der Waals surface area contributed by atoms with Crippen LogP contribution in [0.1, 0.15) is 18.9 Å². The van der Waals surface area contributed by atoms with Crippen molar-refractivity contribution in [3.05, 3.63) is 35.9 Å². The minimum atomic E-state index is 0.0777. The zero-order valence-electron chi connectivity index (χ0n) is 11.8. The van der Waals surface area contributed by atoms with Crippen molar-refractivity contribution in [1.82, 2.24) is 10.2 Å². The molecule has 0 aliphatic carbocycles. The number of benzene rings is 1. The third-order valence-corrected chi connectivity index (χ3v) is 4.24. The van der Waals surface area contributed by atoms with Gasteiger partial charge in [-0.15, -0.1) is 0 Å². The topological polar surface area (TPSA) is 24.5 Å². The summed E-state index contributed by atoms with van der Waals surface area (Å²) in [5.74, 6) is 0. The van der Waals surface area contributed by atoms with Crippen molar-refractivity contribution in [1.29, 1.82) is 0 Å². The second-order valence-corrected chi connectivity index (χ2v) is 6.01. The van der Waals surface area contributed by atoms with Crippen LogP contribution in [0.3, 0.4) is 0 Å². The maximum atomic E-state index is 6.21. The van der Waals surface area contributed by atoms with Crippen LogP contribution in [-0.2, 0) is 11.2 Å². The molecule has 3 rings (SSSR count). The van der Waals surface area contributed by atoms with E-state index in [1.807, 2.05) is 0 Å². The lowest BCUT2D eigenvalue weighted by Crippen LogP contribution is -2.56. The van der Waals surface area contributed by atoms with Crippen molar-refractivity contribution in [3.63, 3.8) is 0 Å². The molecule has 2 aliphatic heterocycles. The Labute approximate surface area is 115 Å². The molecule has 2 heterocycles. The van der Waals surface area contributed by atoms with Gasteiger partial charge in [-0.25, -0.2) is 0 Å². The normalized spacial score (nSPS) is 31.9. The number of rotatable bonds is 3. The number of morpholine rings is 1. The number of hydrogen-bond acceptors (Lipinski definition) is 3. The third kappa shape index (κ3) is 3.16. The van der Waals surface area contributed by atoms with E-state index in [2.05, 4.69) is 47.5 Å². The Kier molecular flexibility index (Phi) is 3.87. The van der Waals surface area contributed by atoms with Gasteiger partial charge in [-0.05, 0) is 31.9 Å². The number of nitrogens with one attached hydrogen (secondary N) is 1. The molecule has 0 aromatic heterocycles. The molecule has 0 amide bonds. The Bertz CT molecular complexity index is 400. The predicted molar refractivity (Wildman–Crippen MR) is 77.4 cm³/mol. The molecule has 3 nitrogen and oxygen atoms in total. The van der Waals surface area contributed by atoms with E-state index in [1.165, 1.54) is 5.56 Å². The van der Waals surface area contributed by atoms with Crippen LogP contribution in [0, 0.1) is 0 Å². The van der Waals surface area contributed by atoms with Crippen LogP contribution in [0.25, 0.3) is 0 Å². The molecule has 0 saturated carbocycles. The number of ether oxygens (including phenoxy) is 1. The first-order valence-corrected chi connectivity index (χ1v) is 7.41. The SMILES string of the molecule is CC1CN(CCc2ccccc2)CC2(CCNC2)O1. The summed E-state index contributed by atoms with van der Waals surface area (Å²) in [6.07, 6.45) is 2.64. The molecule has 2 unspecified atom stereocenters. The minimum absolute atomic E-state index is 0.0777. The molecule has 2 fully saturated rings. The Morgan fingerprint density at radius 2 is 2.21 bits per heavy atom. The Hall–Kier alpha value is -0.900. The van der Waals surface area contributed by atoms with Gasteiger partial charge in [-0.3, -0.25) is 4.90 Å². The maximum Gasteiger partial charge on any atom is 0.0948 e. The zero-order chi connectivity index (χ0) is 13.1. The van der Waals surface area contributed by atoms with Crippen molar-refractivity contribution in [2.75, 3.05) is 32.7 Å². The van der Waals surface area contributed by atoms with Gasteiger partial charge >= 0.3 is 0 Å². The lowest BCUT2D eigenvalue weighted by Gasteiger charge is -2.43. The molecule has 2 atom stereocenters. The quantitative estimate of drug-likeness (QED) is 0.895. The van der Waals surface area contributed by atoms with Gasteiger partial charge < -0.3 is 10.1 Å². The fourth-order valence-corrected chi connectivity index (χ4v) is 3.40. The van der Waals surface area contributed by atoms with Crippen LogP contribution in [0.4, 0.5) is 0 Å². The van der Waals surface area contributed by atoms with E-state index < -0.39 is 0 Å². The second-order valence-electron chi connectivity index (χ2n) is 6.01. The van der Waals surface area contributed by atoms with Crippen molar-refractivity contribution in [3.8, 4) is 0 Å². The van der Waals surface area contributed by atoms with Crippen LogP contribution in [-0.4, -0.2) is 49.3 Å². The fourth-order valence-electron chi connectivity index (χ4n) is 3.40. The van der Waals surface area contributed by atoms with Gasteiger partial charge in [0.25, 0.3) is 0 Å². The Morgan fingerprint density at radius 1 is 1.37 bits per heavy atom. The molecule has 1 N–H and O–H groups in total. The van der Waals surface area contributed by atoms with E-state index in [9.17, 15) is 0 Å². The van der Waals surface area contributed by atoms with Crippen molar-refractivity contribution in [2.45, 2.75) is 31.5 Å². The lowest BCUT2D eigenvalue weighted by atomic mass is 9.98. The molecule has 1 aromatic carbocycles. The highest BCUT2D eigenvalue weighted by atomic mass is 16.5. The molecule has 0 radical (unpaired) electrons. The Balaban J connectivity index is 1.58. The van der Waals surface area contributed by atoms with E-state index in [0.717, 1.165) is 45.6 Å². The van der Waals surface area contributed by atoms with Crippen LogP contribution in [0.15, 0.2) is 30.3 Å². The molecular weight excluding hydrogens is 236 g/mol. The van der Waals surface area contributed by atoms with Gasteiger partial charge in [0.15, 0.2) is 0 Å². The van der Waals surface area contributed by atoms with Crippen LogP contribution >= 0.6 is 0 Å². The van der Waals surface area contributed by atoms with E-state index in [-0.39, 0.29) is 5.60 Å². The van der Waals surface area contributed by atoms with E-state index in [1.54, 1.807) is 0 Å². The Morgan fingerprint density at radius 3 is 2.95 bits per heavy atom. The summed E-state index contributed by atoms with van der Waals surface area (Å²) in [5.41, 5.74) is 1.51. The smallest absolute Gasteiger partial charge is 0.0948 e. The average molecular weight is 260 g/mol. The summed E-state index contributed by atoms with van der Waals surface area (Å²) in [6, 6.07) is 10.8. The molecule has 3 heteroatoms. The van der Waals surface area contributed by atoms with Gasteiger partial charge in [0.05, 0.1) is 11.7 Å². The summed E-state index contributed by atoms with van der Waals surface area (Å²) in [5, 5.41) is 3.45. The van der Waals surface area contributed by atoms with Gasteiger partial charge in [0.1, 0.15) is 0 Å². The molecule has 1 spiro atoms. The first-order valence-electron chi connectivity index (χ1n) is 7.41. The molecule has 104 valence electrons. The highest BCUT2D eigenvalue weighted by Gasteiger charge is 2.41. The largest absolute Gasteiger partial charge is 0.368 e. The van der Waals surface area contributed by atoms with Crippen molar-refractivity contribution in [2.24, 2.45) is 0 Å². The average Bonchev–Trinajstić information content (AvgIpc) is 2.84. The summed E-state index contributed by atoms with van der Waals surface area (Å²) in [6.45, 7) is 7.60. The summed E-state index contributed by atoms with van der Waals surface area (Å²) < 4.78 is 6.21. The standard InChI is InChI=1S/C16H24N2O/c1-14-11-18(10-7-15-5-3-2-4-6-15)13-16(19-14)8-9-17-12-16/h2-6,14,17H,7-13H2,1H3. The van der Waals surface area contributed by atoms with Crippen LogP contribution in [0.5, 0.6) is 0 Å². The molecular formula is C16H24N2O. The van der Waals surface area contributed by atoms with Crippen LogP contribution in [0.2, 0.25) is 0 Å². The van der Waals surface area contributed by atoms with Gasteiger partial charge in [-0.1, -0.05) is 30.3 Å². The first-order chi connectivity index (χ1) is 9.26. The van der Waals surface area contributed by atoms with Gasteiger partial charge in [0.2, 0.25) is 0 Å². The van der Waals surface area contributed by atoms with Gasteiger partial charge in [-0.2, -0.15) is 0 Å². The first kappa shape index (κ1) is 13.1. The summed E-state index contributed by atoms with van der Waals surface area (Å²) >= 11 is 0. The molecule has 1 aromatic rings. The highest BCUT2D eigenvalue weighted by molar-refractivity contribution is 5.15. The highest BCUT2D eigenvalue weighted by Crippen LogP contribution is 2.27. The minimum Gasteiger partial charge on any atom is -0.368 e. The molecule has 2 saturated heterocycles. The summed E-state index contributed by atoms with van der Waals surface area (Å²) in [4.78, 5) is 2.58. The van der Waals surface area contributed by atoms with E-state index in [0.29, 0.717) is 6.10 Å². The predicted octanol–water partition coefficient (Wildman–Crippen LogP) is 1.68. The van der Waals surface area contributed by atoms with Crippen molar-refractivity contribution < 1.29 is 4.74 Å². The van der Waals surface area contributed by atoms with Crippen LogP contribution < -0.4 is 5.32 Å². The maximum absolute atomic E-state index is 6.21. The molecule has 19 heavy (non-hydrogen) atoms.